The summed E-state index contributed by atoms with van der Waals surface area (Å²) in [6, 6.07) is 0. The van der Waals surface area contributed by atoms with Gasteiger partial charge in [-0.2, -0.15) is 5.10 Å². The third-order valence-electron chi connectivity index (χ3n) is 3.90. The number of alkyl halides is 1. The molecule has 0 N–H and O–H groups in total. The Balaban J connectivity index is 2.34. The number of hydrogen-bond acceptors (Lipinski definition) is 3. The van der Waals surface area contributed by atoms with Crippen molar-refractivity contribution in [2.45, 2.75) is 46.0 Å². The first-order valence-corrected chi connectivity index (χ1v) is 8.19. The fourth-order valence-electron chi connectivity index (χ4n) is 2.86. The minimum absolute atomic E-state index is 0.0990. The molecule has 2 aromatic rings. The van der Waals surface area contributed by atoms with Gasteiger partial charge in [0, 0.05) is 20.1 Å². The van der Waals surface area contributed by atoms with Crippen molar-refractivity contribution in [1.29, 1.82) is 0 Å². The van der Waals surface area contributed by atoms with Gasteiger partial charge in [-0.05, 0) is 33.4 Å². The van der Waals surface area contributed by atoms with E-state index in [4.69, 9.17) is 16.6 Å². The molecular formula is C15H26ClN5. The third-order valence-corrected chi connectivity index (χ3v) is 4.10. The van der Waals surface area contributed by atoms with Crippen LogP contribution in [0.15, 0.2) is 0 Å². The van der Waals surface area contributed by atoms with Gasteiger partial charge < -0.3 is 9.47 Å². The maximum Gasteiger partial charge on any atom is 0.158 e. The summed E-state index contributed by atoms with van der Waals surface area (Å²) in [4.78, 5) is 7.17. The lowest BCUT2D eigenvalue weighted by molar-refractivity contribution is 0.276. The highest BCUT2D eigenvalue weighted by molar-refractivity contribution is 6.20. The Morgan fingerprint density at radius 1 is 1.29 bits per heavy atom. The van der Waals surface area contributed by atoms with Crippen LogP contribution in [0.2, 0.25) is 0 Å². The summed E-state index contributed by atoms with van der Waals surface area (Å²) in [6.07, 6.45) is 1.18. The highest BCUT2D eigenvalue weighted by Gasteiger charge is 2.20. The van der Waals surface area contributed by atoms with Crippen LogP contribution in [-0.4, -0.2) is 43.9 Å². The molecule has 0 spiro atoms. The Hall–Kier alpha value is -1.07. The van der Waals surface area contributed by atoms with Crippen LogP contribution >= 0.6 is 11.6 Å². The number of fused-ring (bicyclic) bond motifs is 1. The van der Waals surface area contributed by atoms with Crippen LogP contribution in [0.5, 0.6) is 0 Å². The van der Waals surface area contributed by atoms with E-state index in [9.17, 15) is 0 Å². The monoisotopic (exact) mass is 311 g/mol. The molecule has 0 radical (unpaired) electrons. The second kappa shape index (κ2) is 6.79. The molecule has 5 nitrogen and oxygen atoms in total. The molecule has 1 atom stereocenters. The molecule has 0 bridgehead atoms. The van der Waals surface area contributed by atoms with Crippen LogP contribution in [0.1, 0.15) is 44.1 Å². The molecule has 0 amide bonds. The minimum atomic E-state index is -0.0990. The molecule has 1 unspecified atom stereocenters. The van der Waals surface area contributed by atoms with E-state index in [-0.39, 0.29) is 5.38 Å². The van der Waals surface area contributed by atoms with Crippen molar-refractivity contribution < 1.29 is 0 Å². The summed E-state index contributed by atoms with van der Waals surface area (Å²) in [5, 5.41) is 4.37. The van der Waals surface area contributed by atoms with Crippen LogP contribution < -0.4 is 0 Å². The average Bonchev–Trinajstić information content (AvgIpc) is 2.94. The van der Waals surface area contributed by atoms with Gasteiger partial charge in [0.25, 0.3) is 0 Å². The third kappa shape index (κ3) is 3.24. The Morgan fingerprint density at radius 3 is 2.57 bits per heavy atom. The van der Waals surface area contributed by atoms with Gasteiger partial charge in [0.15, 0.2) is 5.65 Å². The lowest BCUT2D eigenvalue weighted by Gasteiger charge is -2.21. The molecule has 0 aliphatic rings. The molecule has 21 heavy (non-hydrogen) atoms. The van der Waals surface area contributed by atoms with Gasteiger partial charge >= 0.3 is 0 Å². The van der Waals surface area contributed by atoms with Crippen LogP contribution in [0.3, 0.4) is 0 Å². The van der Waals surface area contributed by atoms with Crippen molar-refractivity contribution in [1.82, 2.24) is 24.2 Å². The van der Waals surface area contributed by atoms with Crippen molar-refractivity contribution in [2.24, 2.45) is 7.05 Å². The Labute approximate surface area is 131 Å². The van der Waals surface area contributed by atoms with E-state index < -0.39 is 0 Å². The number of hydrogen-bond donors (Lipinski definition) is 0. The van der Waals surface area contributed by atoms with Gasteiger partial charge in [0.05, 0.1) is 11.1 Å². The molecule has 0 aliphatic carbocycles. The maximum absolute atomic E-state index is 6.33. The number of imidazole rings is 1. The van der Waals surface area contributed by atoms with E-state index >= 15 is 0 Å². The first-order valence-electron chi connectivity index (χ1n) is 7.75. The predicted molar refractivity (Wildman–Crippen MR) is 87.9 cm³/mol. The first kappa shape index (κ1) is 16.3. The van der Waals surface area contributed by atoms with Crippen LogP contribution in [-0.2, 0) is 13.6 Å². The normalized spacial score (nSPS) is 13.5. The number of aryl methyl sites for hydroxylation is 2. The van der Waals surface area contributed by atoms with Crippen molar-refractivity contribution >= 4 is 22.8 Å². The molecule has 0 aromatic carbocycles. The fraction of sp³-hybridized carbons (Fsp3) is 0.733. The number of nitrogens with zero attached hydrogens (tertiary/aromatic N) is 5. The van der Waals surface area contributed by atoms with Crippen LogP contribution in [0.25, 0.3) is 11.2 Å². The fourth-order valence-corrected chi connectivity index (χ4v) is 3.03. The SMILES string of the molecule is CCCN(CC)CCn1c(C(C)Cl)nc2c(C)nn(C)c21. The van der Waals surface area contributed by atoms with Gasteiger partial charge in [0.1, 0.15) is 11.3 Å². The number of halogens is 1. The first-order chi connectivity index (χ1) is 9.99. The van der Waals surface area contributed by atoms with Crippen LogP contribution in [0, 0.1) is 6.92 Å². The molecule has 0 aliphatic heterocycles. The van der Waals surface area contributed by atoms with Crippen molar-refractivity contribution in [3.05, 3.63) is 11.5 Å². The van der Waals surface area contributed by atoms with E-state index in [2.05, 4.69) is 28.4 Å². The van der Waals surface area contributed by atoms with Crippen molar-refractivity contribution in [3.8, 4) is 0 Å². The molecule has 0 fully saturated rings. The standard InChI is InChI=1S/C15H26ClN5/c1-6-8-20(7-2)9-10-21-14(11(3)16)17-13-12(4)18-19(5)15(13)21/h11H,6-10H2,1-5H3. The highest BCUT2D eigenvalue weighted by Crippen LogP contribution is 2.25. The van der Waals surface area contributed by atoms with Gasteiger partial charge in [-0.25, -0.2) is 4.98 Å². The number of aromatic nitrogens is 4. The summed E-state index contributed by atoms with van der Waals surface area (Å²) >= 11 is 6.33. The summed E-state index contributed by atoms with van der Waals surface area (Å²) in [5.74, 6) is 0.940. The van der Waals surface area contributed by atoms with Crippen molar-refractivity contribution in [2.75, 3.05) is 19.6 Å². The van der Waals surface area contributed by atoms with E-state index in [1.54, 1.807) is 0 Å². The minimum Gasteiger partial charge on any atom is -0.310 e. The molecule has 2 aromatic heterocycles. The van der Waals surface area contributed by atoms with E-state index in [1.165, 1.54) is 6.42 Å². The summed E-state index contributed by atoms with van der Waals surface area (Å²) in [7, 11) is 1.97. The van der Waals surface area contributed by atoms with E-state index in [1.807, 2.05) is 25.6 Å². The second-order valence-electron chi connectivity index (χ2n) is 5.55. The lowest BCUT2D eigenvalue weighted by Crippen LogP contribution is -2.28. The summed E-state index contributed by atoms with van der Waals surface area (Å²) in [5.41, 5.74) is 3.01. The molecule has 0 saturated carbocycles. The number of rotatable bonds is 7. The Kier molecular flexibility index (Phi) is 5.27. The van der Waals surface area contributed by atoms with Crippen LogP contribution in [0.4, 0.5) is 0 Å². The molecule has 6 heteroatoms. The molecule has 2 rings (SSSR count). The zero-order valence-electron chi connectivity index (χ0n) is 13.7. The second-order valence-corrected chi connectivity index (χ2v) is 6.21. The zero-order chi connectivity index (χ0) is 15.6. The molecule has 118 valence electrons. The zero-order valence-corrected chi connectivity index (χ0v) is 14.5. The summed E-state index contributed by atoms with van der Waals surface area (Å²) in [6.45, 7) is 12.5. The maximum atomic E-state index is 6.33. The average molecular weight is 312 g/mol. The topological polar surface area (TPSA) is 38.9 Å². The Morgan fingerprint density at radius 2 is 2.00 bits per heavy atom. The van der Waals surface area contributed by atoms with Crippen molar-refractivity contribution in [3.63, 3.8) is 0 Å². The molecule has 0 saturated heterocycles. The summed E-state index contributed by atoms with van der Waals surface area (Å²) < 4.78 is 4.14. The predicted octanol–water partition coefficient (Wildman–Crippen LogP) is 3.11. The van der Waals surface area contributed by atoms with Gasteiger partial charge in [-0.3, -0.25) is 4.68 Å². The molecular weight excluding hydrogens is 286 g/mol. The van der Waals surface area contributed by atoms with Gasteiger partial charge in [0.2, 0.25) is 0 Å². The number of likely N-dealkylation sites (N-methyl/N-ethyl adjacent to an activating group) is 1. The smallest absolute Gasteiger partial charge is 0.158 e. The van der Waals surface area contributed by atoms with Gasteiger partial charge in [-0.15, -0.1) is 11.6 Å². The quantitative estimate of drug-likeness (QED) is 0.738. The van der Waals surface area contributed by atoms with E-state index in [0.717, 1.165) is 48.9 Å². The highest BCUT2D eigenvalue weighted by atomic mass is 35.5. The Bertz CT molecular complexity index is 599. The van der Waals surface area contributed by atoms with Gasteiger partial charge in [-0.1, -0.05) is 13.8 Å². The largest absolute Gasteiger partial charge is 0.310 e. The van der Waals surface area contributed by atoms with E-state index in [0.29, 0.717) is 0 Å². The lowest BCUT2D eigenvalue weighted by atomic mass is 10.3. The molecule has 2 heterocycles.